The molecule has 0 saturated carbocycles. The van der Waals surface area contributed by atoms with Gasteiger partial charge in [-0.2, -0.15) is 0 Å². The number of likely N-dealkylation sites (N-methyl/N-ethyl adjacent to an activating group) is 1. The average Bonchev–Trinajstić information content (AvgIpc) is 3.33. The summed E-state index contributed by atoms with van der Waals surface area (Å²) in [6, 6.07) is 13.2. The van der Waals surface area contributed by atoms with Crippen LogP contribution in [0.15, 0.2) is 48.2 Å². The molecule has 0 radical (unpaired) electrons. The smallest absolute Gasteiger partial charge is 0.159 e. The van der Waals surface area contributed by atoms with Crippen molar-refractivity contribution in [2.45, 2.75) is 6.92 Å². The molecule has 0 atom stereocenters. The molecule has 2 aliphatic rings. The molecule has 3 N–H and O–H groups in total. The quantitative estimate of drug-likeness (QED) is 0.550. The second kappa shape index (κ2) is 7.80. The van der Waals surface area contributed by atoms with Crippen LogP contribution in [-0.2, 0) is 0 Å². The lowest BCUT2D eigenvalue weighted by atomic mass is 10.1. The van der Waals surface area contributed by atoms with Gasteiger partial charge in [-0.05, 0) is 44.3 Å². The maximum absolute atomic E-state index is 11.7. The third kappa shape index (κ3) is 3.52. The van der Waals surface area contributed by atoms with Crippen LogP contribution in [0.25, 0.3) is 16.6 Å². The number of H-pyrrole nitrogens is 1. The first-order valence-electron chi connectivity index (χ1n) is 10.7. The van der Waals surface area contributed by atoms with Crippen molar-refractivity contribution < 1.29 is 9.90 Å². The Balaban J connectivity index is 1.43. The summed E-state index contributed by atoms with van der Waals surface area (Å²) in [7, 11) is 2.14. The van der Waals surface area contributed by atoms with Gasteiger partial charge in [-0.1, -0.05) is 12.1 Å². The van der Waals surface area contributed by atoms with Crippen molar-refractivity contribution in [3.8, 4) is 0 Å². The highest BCUT2D eigenvalue weighted by Crippen LogP contribution is 2.32. The highest BCUT2D eigenvalue weighted by molar-refractivity contribution is 6.30. The molecule has 8 heteroatoms. The number of benzene rings is 2. The van der Waals surface area contributed by atoms with Crippen molar-refractivity contribution >= 4 is 39.6 Å². The first-order valence-corrected chi connectivity index (χ1v) is 10.7. The van der Waals surface area contributed by atoms with Gasteiger partial charge in [0.15, 0.2) is 5.78 Å². The Morgan fingerprint density at radius 1 is 1.09 bits per heavy atom. The molecule has 0 bridgehead atoms. The number of nitrogens with one attached hydrogen (secondary N) is 2. The van der Waals surface area contributed by atoms with E-state index in [9.17, 15) is 9.90 Å². The molecular formula is C24H26N6O2. The highest BCUT2D eigenvalue weighted by Gasteiger charge is 2.31. The summed E-state index contributed by atoms with van der Waals surface area (Å²) in [6.45, 7) is 5.71. The molecule has 1 fully saturated rings. The molecule has 1 aromatic heterocycles. The number of carbonyl (C=O) groups is 1. The molecule has 2 aliphatic heterocycles. The Hall–Kier alpha value is -3.65. The number of amidine groups is 1. The van der Waals surface area contributed by atoms with Gasteiger partial charge in [0.2, 0.25) is 0 Å². The number of aliphatic hydroxyl groups excluding tert-OH is 1. The first-order chi connectivity index (χ1) is 15.4. The van der Waals surface area contributed by atoms with Crippen molar-refractivity contribution in [2.75, 3.05) is 49.6 Å². The van der Waals surface area contributed by atoms with E-state index in [-0.39, 0.29) is 23.9 Å². The first kappa shape index (κ1) is 20.3. The zero-order valence-corrected chi connectivity index (χ0v) is 18.2. The van der Waals surface area contributed by atoms with E-state index in [1.54, 1.807) is 23.1 Å². The van der Waals surface area contributed by atoms with Crippen molar-refractivity contribution in [3.63, 3.8) is 0 Å². The van der Waals surface area contributed by atoms with Crippen LogP contribution >= 0.6 is 0 Å². The van der Waals surface area contributed by atoms with Crippen LogP contribution in [0, 0.1) is 5.41 Å². The van der Waals surface area contributed by atoms with E-state index in [2.05, 4.69) is 38.9 Å². The van der Waals surface area contributed by atoms with Crippen LogP contribution in [0.3, 0.4) is 0 Å². The Kier molecular flexibility index (Phi) is 4.94. The molecule has 5 rings (SSSR count). The third-order valence-electron chi connectivity index (χ3n) is 6.24. The zero-order valence-electron chi connectivity index (χ0n) is 18.2. The van der Waals surface area contributed by atoms with Gasteiger partial charge in [0.25, 0.3) is 0 Å². The lowest BCUT2D eigenvalue weighted by Crippen LogP contribution is -2.44. The van der Waals surface area contributed by atoms with E-state index >= 15 is 0 Å². The Bertz CT molecular complexity index is 1250. The Morgan fingerprint density at radius 3 is 2.62 bits per heavy atom. The highest BCUT2D eigenvalue weighted by atomic mass is 16.3. The van der Waals surface area contributed by atoms with Crippen LogP contribution < -0.4 is 9.80 Å². The summed E-state index contributed by atoms with van der Waals surface area (Å²) in [6.07, 6.45) is 0. The standard InChI is InChI=1S/C24H26N6O2/c1-15(31)16-4-3-5-18(12-16)30-14-21(32)22(23(30)25)24-26-19-7-6-17(13-20(19)27-24)29-10-8-28(2)9-11-29/h3-7,12-13,25,32H,8-11,14H2,1-2H3,(H,26,27). The van der Waals surface area contributed by atoms with E-state index in [1.165, 1.54) is 6.92 Å². The predicted molar refractivity (Wildman–Crippen MR) is 127 cm³/mol. The monoisotopic (exact) mass is 430 g/mol. The number of imidazole rings is 1. The fourth-order valence-electron chi connectivity index (χ4n) is 4.32. The van der Waals surface area contributed by atoms with Crippen molar-refractivity contribution in [1.29, 1.82) is 5.41 Å². The molecule has 32 heavy (non-hydrogen) atoms. The van der Waals surface area contributed by atoms with Crippen LogP contribution in [0.1, 0.15) is 23.1 Å². The van der Waals surface area contributed by atoms with Crippen LogP contribution in [0.5, 0.6) is 0 Å². The fourth-order valence-corrected chi connectivity index (χ4v) is 4.32. The molecular weight excluding hydrogens is 404 g/mol. The molecule has 2 aromatic carbocycles. The summed E-state index contributed by atoms with van der Waals surface area (Å²) < 4.78 is 0. The molecule has 0 spiro atoms. The fraction of sp³-hybridized carbons (Fsp3) is 0.292. The van der Waals surface area contributed by atoms with Gasteiger partial charge in [-0.3, -0.25) is 10.2 Å². The molecule has 164 valence electrons. The number of ketones is 1. The molecule has 0 unspecified atom stereocenters. The molecule has 3 aromatic rings. The van der Waals surface area contributed by atoms with Crippen molar-refractivity contribution in [1.82, 2.24) is 14.9 Å². The van der Waals surface area contributed by atoms with E-state index in [0.29, 0.717) is 22.6 Å². The number of Topliss-reactive ketones (excluding diaryl/α,β-unsaturated/α-hetero) is 1. The number of anilines is 2. The molecule has 0 amide bonds. The summed E-state index contributed by atoms with van der Waals surface area (Å²) in [5, 5.41) is 19.4. The van der Waals surface area contributed by atoms with Crippen LogP contribution in [0.2, 0.25) is 0 Å². The van der Waals surface area contributed by atoms with E-state index < -0.39 is 0 Å². The Labute approximate surface area is 186 Å². The minimum absolute atomic E-state index is 0.0385. The van der Waals surface area contributed by atoms with Crippen LogP contribution in [-0.4, -0.2) is 71.4 Å². The number of hydrogen-bond donors (Lipinski definition) is 3. The number of piperazine rings is 1. The van der Waals surface area contributed by atoms with Crippen LogP contribution in [0.4, 0.5) is 11.4 Å². The molecule has 3 heterocycles. The Morgan fingerprint density at radius 2 is 1.88 bits per heavy atom. The maximum Gasteiger partial charge on any atom is 0.159 e. The molecule has 8 nitrogen and oxygen atoms in total. The summed E-state index contributed by atoms with van der Waals surface area (Å²) in [5.41, 5.74) is 4.46. The zero-order chi connectivity index (χ0) is 22.4. The molecule has 0 aliphatic carbocycles. The number of aromatic nitrogens is 2. The largest absolute Gasteiger partial charge is 0.509 e. The SMILES string of the molecule is CC(=O)c1cccc(N2CC(O)=C(c3nc4ccc(N5CCN(C)CC5)cc4[nH]3)C2=N)c1. The van der Waals surface area contributed by atoms with E-state index in [4.69, 9.17) is 5.41 Å². The number of nitrogens with zero attached hydrogens (tertiary/aromatic N) is 4. The number of hydrogen-bond acceptors (Lipinski definition) is 6. The van der Waals surface area contributed by atoms with Gasteiger partial charge in [-0.15, -0.1) is 0 Å². The lowest BCUT2D eigenvalue weighted by molar-refractivity contribution is 0.101. The van der Waals surface area contributed by atoms with Gasteiger partial charge in [-0.25, -0.2) is 4.98 Å². The summed E-state index contributed by atoms with van der Waals surface area (Å²) in [5.74, 6) is 0.676. The van der Waals surface area contributed by atoms with Crippen molar-refractivity contribution in [2.24, 2.45) is 0 Å². The summed E-state index contributed by atoms with van der Waals surface area (Å²) >= 11 is 0. The maximum atomic E-state index is 11.7. The minimum atomic E-state index is -0.0385. The van der Waals surface area contributed by atoms with Gasteiger partial charge in [0.05, 0.1) is 23.2 Å². The second-order valence-electron chi connectivity index (χ2n) is 8.44. The average molecular weight is 431 g/mol. The minimum Gasteiger partial charge on any atom is -0.509 e. The lowest BCUT2D eigenvalue weighted by Gasteiger charge is -2.34. The number of carbonyl (C=O) groups excluding carboxylic acids is 1. The molecule has 1 saturated heterocycles. The van der Waals surface area contributed by atoms with Gasteiger partial charge in [0.1, 0.15) is 17.4 Å². The summed E-state index contributed by atoms with van der Waals surface area (Å²) in [4.78, 5) is 26.1. The van der Waals surface area contributed by atoms with Gasteiger partial charge in [0, 0.05) is 43.1 Å². The third-order valence-corrected chi connectivity index (χ3v) is 6.24. The number of fused-ring (bicyclic) bond motifs is 1. The van der Waals surface area contributed by atoms with E-state index in [1.807, 2.05) is 12.1 Å². The number of rotatable bonds is 4. The van der Waals surface area contributed by atoms with Gasteiger partial charge >= 0.3 is 0 Å². The number of aliphatic hydroxyl groups is 1. The topological polar surface area (TPSA) is 99.6 Å². The van der Waals surface area contributed by atoms with E-state index in [0.717, 1.165) is 42.9 Å². The van der Waals surface area contributed by atoms with Crippen molar-refractivity contribution in [3.05, 3.63) is 59.6 Å². The number of aromatic amines is 1. The normalized spacial score (nSPS) is 17.6. The second-order valence-corrected chi connectivity index (χ2v) is 8.44. The predicted octanol–water partition coefficient (Wildman–Crippen LogP) is 3.28. The van der Waals surface area contributed by atoms with Gasteiger partial charge < -0.3 is 24.8 Å².